The Morgan fingerprint density at radius 3 is 2.71 bits per heavy atom. The molecule has 0 spiro atoms. The summed E-state index contributed by atoms with van der Waals surface area (Å²) in [4.78, 5) is 0. The molecule has 2 rings (SSSR count). The third-order valence-electron chi connectivity index (χ3n) is 3.64. The van der Waals surface area contributed by atoms with Gasteiger partial charge < -0.3 is 0 Å². The molecule has 1 aromatic carbocycles. The number of hydrazine groups is 1. The number of aryl methyl sites for hydroxylation is 3. The van der Waals surface area contributed by atoms with Crippen LogP contribution in [-0.2, 0) is 13.0 Å². The molecule has 4 nitrogen and oxygen atoms in total. The number of nitrogens with two attached hydrogens (primary N) is 1. The highest BCUT2D eigenvalue weighted by molar-refractivity contribution is 6.31. The topological polar surface area (TPSA) is 55.9 Å². The lowest BCUT2D eigenvalue weighted by Gasteiger charge is -2.18. The zero-order valence-corrected chi connectivity index (χ0v) is 13.2. The molecular formula is C15H20ClFN4. The predicted molar refractivity (Wildman–Crippen MR) is 82.6 cm³/mol. The molecule has 0 saturated carbocycles. The SMILES string of the molecule is CCn1nc(C)c(Cl)c1CC(NN)c1ccc(F)c(C)c1. The summed E-state index contributed by atoms with van der Waals surface area (Å²) >= 11 is 6.33. The molecule has 0 aliphatic carbocycles. The average Bonchev–Trinajstić information content (AvgIpc) is 2.75. The number of nitrogens with one attached hydrogen (secondary N) is 1. The molecule has 0 fully saturated rings. The highest BCUT2D eigenvalue weighted by Gasteiger charge is 2.19. The molecule has 0 amide bonds. The third-order valence-corrected chi connectivity index (χ3v) is 4.13. The third kappa shape index (κ3) is 3.26. The lowest BCUT2D eigenvalue weighted by atomic mass is 10.00. The first kappa shape index (κ1) is 15.9. The molecule has 2 aromatic rings. The Kier molecular flexibility index (Phi) is 4.98. The molecule has 0 aliphatic rings. The maximum absolute atomic E-state index is 13.4. The van der Waals surface area contributed by atoms with Crippen molar-refractivity contribution in [1.29, 1.82) is 0 Å². The molecule has 0 bridgehead atoms. The van der Waals surface area contributed by atoms with Gasteiger partial charge in [-0.3, -0.25) is 16.0 Å². The van der Waals surface area contributed by atoms with Crippen molar-refractivity contribution in [1.82, 2.24) is 15.2 Å². The lowest BCUT2D eigenvalue weighted by molar-refractivity contribution is 0.515. The molecule has 1 aromatic heterocycles. The maximum atomic E-state index is 13.4. The van der Waals surface area contributed by atoms with Gasteiger partial charge in [-0.2, -0.15) is 5.10 Å². The van der Waals surface area contributed by atoms with Gasteiger partial charge in [-0.25, -0.2) is 4.39 Å². The summed E-state index contributed by atoms with van der Waals surface area (Å²) < 4.78 is 15.3. The van der Waals surface area contributed by atoms with Gasteiger partial charge in [0.1, 0.15) is 5.82 Å². The van der Waals surface area contributed by atoms with E-state index in [1.54, 1.807) is 19.1 Å². The fourth-order valence-corrected chi connectivity index (χ4v) is 2.63. The largest absolute Gasteiger partial charge is 0.271 e. The van der Waals surface area contributed by atoms with Gasteiger partial charge in [0.15, 0.2) is 0 Å². The molecule has 0 radical (unpaired) electrons. The van der Waals surface area contributed by atoms with Crippen LogP contribution in [0.25, 0.3) is 0 Å². The van der Waals surface area contributed by atoms with Crippen LogP contribution in [0.5, 0.6) is 0 Å². The first-order valence-electron chi connectivity index (χ1n) is 6.91. The van der Waals surface area contributed by atoms with Crippen molar-refractivity contribution in [2.45, 2.75) is 39.8 Å². The van der Waals surface area contributed by atoms with Gasteiger partial charge in [0.05, 0.1) is 22.5 Å². The van der Waals surface area contributed by atoms with Crippen LogP contribution in [-0.4, -0.2) is 9.78 Å². The molecule has 0 saturated heterocycles. The van der Waals surface area contributed by atoms with Gasteiger partial charge in [-0.15, -0.1) is 0 Å². The van der Waals surface area contributed by atoms with E-state index in [2.05, 4.69) is 10.5 Å². The molecule has 21 heavy (non-hydrogen) atoms. The van der Waals surface area contributed by atoms with Crippen molar-refractivity contribution >= 4 is 11.6 Å². The van der Waals surface area contributed by atoms with Crippen LogP contribution in [0.3, 0.4) is 0 Å². The average molecular weight is 311 g/mol. The van der Waals surface area contributed by atoms with Crippen LogP contribution in [0.1, 0.15) is 35.5 Å². The van der Waals surface area contributed by atoms with Gasteiger partial charge in [-0.1, -0.05) is 23.7 Å². The Balaban J connectivity index is 2.33. The quantitative estimate of drug-likeness (QED) is 0.659. The van der Waals surface area contributed by atoms with Crippen LogP contribution in [0.15, 0.2) is 18.2 Å². The molecule has 3 N–H and O–H groups in total. The Morgan fingerprint density at radius 1 is 1.43 bits per heavy atom. The van der Waals surface area contributed by atoms with Crippen LogP contribution in [0.2, 0.25) is 5.02 Å². The van der Waals surface area contributed by atoms with E-state index in [0.717, 1.165) is 23.5 Å². The molecule has 1 unspecified atom stereocenters. The summed E-state index contributed by atoms with van der Waals surface area (Å²) in [6, 6.07) is 4.84. The Bertz CT molecular complexity index is 639. The number of benzene rings is 1. The summed E-state index contributed by atoms with van der Waals surface area (Å²) in [7, 11) is 0. The normalized spacial score (nSPS) is 12.7. The maximum Gasteiger partial charge on any atom is 0.126 e. The smallest absolute Gasteiger partial charge is 0.126 e. The monoisotopic (exact) mass is 310 g/mol. The number of halogens is 2. The van der Waals surface area contributed by atoms with E-state index in [4.69, 9.17) is 17.4 Å². The van der Waals surface area contributed by atoms with Gasteiger partial charge >= 0.3 is 0 Å². The zero-order chi connectivity index (χ0) is 15.6. The van der Waals surface area contributed by atoms with Gasteiger partial charge in [-0.05, 0) is 38.0 Å². The van der Waals surface area contributed by atoms with Crippen molar-refractivity contribution in [3.8, 4) is 0 Å². The minimum Gasteiger partial charge on any atom is -0.271 e. The van der Waals surface area contributed by atoms with E-state index in [-0.39, 0.29) is 11.9 Å². The zero-order valence-electron chi connectivity index (χ0n) is 12.5. The van der Waals surface area contributed by atoms with Crippen molar-refractivity contribution in [2.75, 3.05) is 0 Å². The fraction of sp³-hybridized carbons (Fsp3) is 0.400. The van der Waals surface area contributed by atoms with Crippen LogP contribution >= 0.6 is 11.6 Å². The van der Waals surface area contributed by atoms with Crippen LogP contribution in [0.4, 0.5) is 4.39 Å². The second kappa shape index (κ2) is 6.56. The molecule has 114 valence electrons. The second-order valence-corrected chi connectivity index (χ2v) is 5.47. The van der Waals surface area contributed by atoms with Crippen molar-refractivity contribution < 1.29 is 4.39 Å². The van der Waals surface area contributed by atoms with E-state index >= 15 is 0 Å². The number of nitrogens with zero attached hydrogens (tertiary/aromatic N) is 2. The Morgan fingerprint density at radius 2 is 2.14 bits per heavy atom. The van der Waals surface area contributed by atoms with E-state index in [1.807, 2.05) is 18.5 Å². The highest BCUT2D eigenvalue weighted by Crippen LogP contribution is 2.26. The first-order chi connectivity index (χ1) is 9.97. The number of rotatable bonds is 5. The highest BCUT2D eigenvalue weighted by atomic mass is 35.5. The molecule has 1 atom stereocenters. The summed E-state index contributed by atoms with van der Waals surface area (Å²) in [5, 5.41) is 5.06. The second-order valence-electron chi connectivity index (χ2n) is 5.09. The summed E-state index contributed by atoms with van der Waals surface area (Å²) in [5.41, 5.74) is 6.04. The van der Waals surface area contributed by atoms with E-state index in [0.29, 0.717) is 17.0 Å². The van der Waals surface area contributed by atoms with E-state index in [9.17, 15) is 4.39 Å². The van der Waals surface area contributed by atoms with Gasteiger partial charge in [0, 0.05) is 13.0 Å². The lowest BCUT2D eigenvalue weighted by Crippen LogP contribution is -2.30. The minimum absolute atomic E-state index is 0.150. The van der Waals surface area contributed by atoms with Crippen molar-refractivity contribution in [3.63, 3.8) is 0 Å². The summed E-state index contributed by atoms with van der Waals surface area (Å²) in [6.07, 6.45) is 0.592. The van der Waals surface area contributed by atoms with Gasteiger partial charge in [0.25, 0.3) is 0 Å². The summed E-state index contributed by atoms with van der Waals surface area (Å²) in [6.45, 7) is 6.37. The number of hydrogen-bond donors (Lipinski definition) is 2. The molecule has 6 heteroatoms. The molecule has 1 heterocycles. The first-order valence-corrected chi connectivity index (χ1v) is 7.29. The Hall–Kier alpha value is -1.43. The van der Waals surface area contributed by atoms with Crippen LogP contribution < -0.4 is 11.3 Å². The Labute approximate surface area is 129 Å². The van der Waals surface area contributed by atoms with E-state index < -0.39 is 0 Å². The standard InChI is InChI=1S/C15H20ClFN4/c1-4-21-14(15(16)10(3)20-21)8-13(19-18)11-5-6-12(17)9(2)7-11/h5-7,13,19H,4,8,18H2,1-3H3. The number of hydrogen-bond acceptors (Lipinski definition) is 3. The molecule has 0 aliphatic heterocycles. The van der Waals surface area contributed by atoms with Crippen molar-refractivity contribution in [3.05, 3.63) is 51.6 Å². The minimum atomic E-state index is -0.220. The summed E-state index contributed by atoms with van der Waals surface area (Å²) in [5.74, 6) is 5.45. The predicted octanol–water partition coefficient (Wildman–Crippen LogP) is 3.06. The number of aromatic nitrogens is 2. The fourth-order valence-electron chi connectivity index (χ4n) is 2.41. The van der Waals surface area contributed by atoms with Gasteiger partial charge in [0.2, 0.25) is 0 Å². The van der Waals surface area contributed by atoms with Crippen molar-refractivity contribution in [2.24, 2.45) is 5.84 Å². The van der Waals surface area contributed by atoms with Crippen LogP contribution in [0, 0.1) is 19.7 Å². The molecular weight excluding hydrogens is 291 g/mol. The van der Waals surface area contributed by atoms with E-state index in [1.165, 1.54) is 6.07 Å².